The van der Waals surface area contributed by atoms with Crippen LogP contribution in [0.25, 0.3) is 0 Å². The Hall–Kier alpha value is -1.74. The number of rotatable bonds is 10. The first-order chi connectivity index (χ1) is 14.2. The molecule has 0 aromatic heterocycles. The summed E-state index contributed by atoms with van der Waals surface area (Å²) < 4.78 is 32.5. The highest BCUT2D eigenvalue weighted by Crippen LogP contribution is 2.28. The Morgan fingerprint density at radius 2 is 1.87 bits per heavy atom. The van der Waals surface area contributed by atoms with Crippen molar-refractivity contribution in [3.05, 3.63) is 53.1 Å². The Bertz CT molecular complexity index is 965. The maximum Gasteiger partial charge on any atom is 0.243 e. The molecule has 0 aliphatic rings. The van der Waals surface area contributed by atoms with Crippen molar-refractivity contribution in [2.75, 3.05) is 26.0 Å². The Morgan fingerprint density at radius 3 is 2.40 bits per heavy atom. The number of benzene rings is 2. The standard InChI is InChI=1S/C21H27ClN2O4S2/c1-5-24(30(26,27)18-11-12-20(28-6-2)19(22)13-18)14-21(25)23-15(3)16-7-9-17(29-4)10-8-16/h7-13,15H,5-6,14H2,1-4H3,(H,23,25)/t15-/m1/s1. The highest BCUT2D eigenvalue weighted by Gasteiger charge is 2.26. The summed E-state index contributed by atoms with van der Waals surface area (Å²) in [5.41, 5.74) is 0.949. The van der Waals surface area contributed by atoms with E-state index in [2.05, 4.69) is 5.32 Å². The number of hydrogen-bond donors (Lipinski definition) is 1. The number of amides is 1. The average Bonchev–Trinajstić information content (AvgIpc) is 2.73. The van der Waals surface area contributed by atoms with E-state index in [0.29, 0.717) is 12.4 Å². The van der Waals surface area contributed by atoms with Crippen LogP contribution in [0.4, 0.5) is 0 Å². The maximum atomic E-state index is 13.0. The van der Waals surface area contributed by atoms with Gasteiger partial charge >= 0.3 is 0 Å². The van der Waals surface area contributed by atoms with Crippen molar-refractivity contribution in [3.63, 3.8) is 0 Å². The number of hydrogen-bond acceptors (Lipinski definition) is 5. The Labute approximate surface area is 188 Å². The fourth-order valence-electron chi connectivity index (χ4n) is 2.85. The summed E-state index contributed by atoms with van der Waals surface area (Å²) in [6, 6.07) is 11.9. The summed E-state index contributed by atoms with van der Waals surface area (Å²) >= 11 is 7.78. The lowest BCUT2D eigenvalue weighted by atomic mass is 10.1. The smallest absolute Gasteiger partial charge is 0.243 e. The van der Waals surface area contributed by atoms with Gasteiger partial charge in [0.25, 0.3) is 0 Å². The summed E-state index contributed by atoms with van der Waals surface area (Å²) in [4.78, 5) is 13.7. The van der Waals surface area contributed by atoms with Gasteiger partial charge in [-0.15, -0.1) is 11.8 Å². The minimum atomic E-state index is -3.88. The third kappa shape index (κ3) is 6.14. The molecule has 0 unspecified atom stereocenters. The van der Waals surface area contributed by atoms with Gasteiger partial charge < -0.3 is 10.1 Å². The Balaban J connectivity index is 2.10. The van der Waals surface area contributed by atoms with Gasteiger partial charge in [-0.1, -0.05) is 30.7 Å². The minimum Gasteiger partial charge on any atom is -0.492 e. The van der Waals surface area contributed by atoms with Crippen LogP contribution in [0.2, 0.25) is 5.02 Å². The van der Waals surface area contributed by atoms with Crippen LogP contribution in [0.15, 0.2) is 52.3 Å². The quantitative estimate of drug-likeness (QED) is 0.522. The number of carbonyl (C=O) groups is 1. The first-order valence-corrected chi connectivity index (χ1v) is 12.6. The van der Waals surface area contributed by atoms with Crippen LogP contribution in [0.5, 0.6) is 5.75 Å². The van der Waals surface area contributed by atoms with E-state index in [1.165, 1.54) is 18.2 Å². The van der Waals surface area contributed by atoms with Gasteiger partial charge in [0.05, 0.1) is 29.1 Å². The molecule has 2 rings (SSSR count). The molecule has 2 aromatic carbocycles. The lowest BCUT2D eigenvalue weighted by Gasteiger charge is -2.22. The molecule has 9 heteroatoms. The van der Waals surface area contributed by atoms with Crippen molar-refractivity contribution in [1.82, 2.24) is 9.62 Å². The van der Waals surface area contributed by atoms with Gasteiger partial charge in [-0.05, 0) is 56.0 Å². The van der Waals surface area contributed by atoms with E-state index in [1.54, 1.807) is 18.7 Å². The molecule has 0 radical (unpaired) electrons. The van der Waals surface area contributed by atoms with Crippen LogP contribution in [0, 0.1) is 0 Å². The van der Waals surface area contributed by atoms with Gasteiger partial charge in [0.15, 0.2) is 0 Å². The second-order valence-electron chi connectivity index (χ2n) is 6.52. The van der Waals surface area contributed by atoms with E-state index >= 15 is 0 Å². The zero-order chi connectivity index (χ0) is 22.3. The molecule has 2 aromatic rings. The number of nitrogens with zero attached hydrogens (tertiary/aromatic N) is 1. The fraction of sp³-hybridized carbons (Fsp3) is 0.381. The molecule has 0 spiro atoms. The van der Waals surface area contributed by atoms with Gasteiger partial charge in [-0.25, -0.2) is 8.42 Å². The Morgan fingerprint density at radius 1 is 1.20 bits per heavy atom. The number of carbonyl (C=O) groups excluding carboxylic acids is 1. The second kappa shape index (κ2) is 11.0. The highest BCUT2D eigenvalue weighted by atomic mass is 35.5. The number of nitrogens with one attached hydrogen (secondary N) is 1. The molecule has 0 heterocycles. The highest BCUT2D eigenvalue weighted by molar-refractivity contribution is 7.98. The summed E-state index contributed by atoms with van der Waals surface area (Å²) in [7, 11) is -3.88. The van der Waals surface area contributed by atoms with Crippen molar-refractivity contribution in [1.29, 1.82) is 0 Å². The molecule has 1 atom stereocenters. The molecule has 0 aliphatic carbocycles. The topological polar surface area (TPSA) is 75.7 Å². The molecule has 0 aliphatic heterocycles. The van der Waals surface area contributed by atoms with Crippen LogP contribution in [0.3, 0.4) is 0 Å². The fourth-order valence-corrected chi connectivity index (χ4v) is 4.99. The third-order valence-corrected chi connectivity index (χ3v) is 7.46. The van der Waals surface area contributed by atoms with Gasteiger partial charge in [0.2, 0.25) is 15.9 Å². The second-order valence-corrected chi connectivity index (χ2v) is 9.74. The number of sulfonamides is 1. The molecule has 0 saturated carbocycles. The number of halogens is 1. The molecule has 6 nitrogen and oxygen atoms in total. The van der Waals surface area contributed by atoms with Crippen molar-refractivity contribution < 1.29 is 17.9 Å². The molecule has 0 saturated heterocycles. The van der Waals surface area contributed by atoms with Crippen molar-refractivity contribution >= 4 is 39.3 Å². The number of thioether (sulfide) groups is 1. The van der Waals surface area contributed by atoms with Crippen LogP contribution < -0.4 is 10.1 Å². The van der Waals surface area contributed by atoms with Gasteiger partial charge in [0, 0.05) is 11.4 Å². The number of ether oxygens (including phenoxy) is 1. The minimum absolute atomic E-state index is 0.0197. The zero-order valence-electron chi connectivity index (χ0n) is 17.5. The van der Waals surface area contributed by atoms with Crippen LogP contribution in [-0.2, 0) is 14.8 Å². The average molecular weight is 471 g/mol. The maximum absolute atomic E-state index is 13.0. The summed E-state index contributed by atoms with van der Waals surface area (Å²) in [5, 5.41) is 3.07. The summed E-state index contributed by atoms with van der Waals surface area (Å²) in [6.07, 6.45) is 2.00. The summed E-state index contributed by atoms with van der Waals surface area (Å²) in [6.45, 7) is 5.66. The normalized spacial score (nSPS) is 12.6. The Kier molecular flexibility index (Phi) is 9.03. The molecule has 0 bridgehead atoms. The molecule has 1 N–H and O–H groups in total. The van der Waals surface area contributed by atoms with E-state index in [9.17, 15) is 13.2 Å². The first-order valence-electron chi connectivity index (χ1n) is 9.58. The largest absolute Gasteiger partial charge is 0.492 e. The van der Waals surface area contributed by atoms with E-state index < -0.39 is 10.0 Å². The molecule has 0 fully saturated rings. The predicted octanol–water partition coefficient (Wildman–Crippen LogP) is 4.35. The molecule has 1 amide bonds. The SMILES string of the molecule is CCOc1ccc(S(=O)(=O)N(CC)CC(=O)N[C@H](C)c2ccc(SC)cc2)cc1Cl. The van der Waals surface area contributed by atoms with E-state index in [-0.39, 0.29) is 35.0 Å². The van der Waals surface area contributed by atoms with Crippen LogP contribution in [-0.4, -0.2) is 44.6 Å². The van der Waals surface area contributed by atoms with Gasteiger partial charge in [-0.3, -0.25) is 4.79 Å². The van der Waals surface area contributed by atoms with E-state index in [4.69, 9.17) is 16.3 Å². The van der Waals surface area contributed by atoms with Crippen molar-refractivity contribution in [2.45, 2.75) is 36.6 Å². The predicted molar refractivity (Wildman–Crippen MR) is 122 cm³/mol. The zero-order valence-corrected chi connectivity index (χ0v) is 19.9. The summed E-state index contributed by atoms with van der Waals surface area (Å²) in [5.74, 6) is 0.0409. The monoisotopic (exact) mass is 470 g/mol. The molecular weight excluding hydrogens is 444 g/mol. The van der Waals surface area contributed by atoms with Gasteiger partial charge in [0.1, 0.15) is 5.75 Å². The van der Waals surface area contributed by atoms with Gasteiger partial charge in [-0.2, -0.15) is 4.31 Å². The van der Waals surface area contributed by atoms with E-state index in [1.807, 2.05) is 44.4 Å². The number of likely N-dealkylation sites (N-methyl/N-ethyl adjacent to an activating group) is 1. The lowest BCUT2D eigenvalue weighted by molar-refractivity contribution is -0.121. The van der Waals surface area contributed by atoms with Crippen LogP contribution >= 0.6 is 23.4 Å². The first kappa shape index (κ1) is 24.5. The molecular formula is C21H27ClN2O4S2. The molecule has 164 valence electrons. The van der Waals surface area contributed by atoms with E-state index in [0.717, 1.165) is 14.8 Å². The van der Waals surface area contributed by atoms with Crippen molar-refractivity contribution in [3.8, 4) is 5.75 Å². The third-order valence-electron chi connectivity index (χ3n) is 4.51. The molecule has 30 heavy (non-hydrogen) atoms. The van der Waals surface area contributed by atoms with Crippen molar-refractivity contribution in [2.24, 2.45) is 0 Å². The lowest BCUT2D eigenvalue weighted by Crippen LogP contribution is -2.41. The van der Waals surface area contributed by atoms with Crippen LogP contribution in [0.1, 0.15) is 32.4 Å².